The molecule has 5 N–H and O–H groups in total. The second-order valence-corrected chi connectivity index (χ2v) is 9.47. The topological polar surface area (TPSA) is 127 Å². The summed E-state index contributed by atoms with van der Waals surface area (Å²) in [5.41, 5.74) is 1.50. The van der Waals surface area contributed by atoms with Crippen molar-refractivity contribution in [3.63, 3.8) is 0 Å². The minimum atomic E-state index is -1.74. The number of hydrogen-bond acceptors (Lipinski definition) is 7. The molecule has 1 aromatic carbocycles. The quantitative estimate of drug-likeness (QED) is 0.348. The van der Waals surface area contributed by atoms with E-state index in [0.717, 1.165) is 5.56 Å². The molecule has 1 aliphatic rings. The molecule has 2 bridgehead atoms. The number of aliphatic hydroxyl groups excluding tert-OH is 5. The standard InChI is InChI=1S/C25H38O7/c1-5-16(14-26)9-15(2)21-12-19(27)13-22(29)25(3,4)18-8-6-7-17(10-18)11-20(28)23(30)24(31)32-21/h6-10,16,19-23,26-30H,5,11-14H2,1-4H3/b15-9-/t16-,19?,20-,21?,22+,23+/m1/s1. The number of fused-ring (bicyclic) bond motifs is 2. The number of benzene rings is 1. The van der Waals surface area contributed by atoms with Crippen LogP contribution in [0.4, 0.5) is 0 Å². The van der Waals surface area contributed by atoms with Gasteiger partial charge in [0, 0.05) is 37.2 Å². The predicted octanol–water partition coefficient (Wildman–Crippen LogP) is 1.62. The SMILES string of the molecule is CC[C@H](/C=C(/C)C1CC(O)C[C@H](O)C(C)(C)c2cccc(c2)C[C@@H](O)[C@H](O)C(=O)O1)CO. The largest absolute Gasteiger partial charge is 0.456 e. The number of rotatable bonds is 4. The molecule has 2 rings (SSSR count). The molecule has 32 heavy (non-hydrogen) atoms. The minimum Gasteiger partial charge on any atom is -0.456 e. The molecule has 1 aliphatic heterocycles. The Labute approximate surface area is 190 Å². The van der Waals surface area contributed by atoms with Crippen molar-refractivity contribution in [1.82, 2.24) is 0 Å². The number of cyclic esters (lactones) is 1. The van der Waals surface area contributed by atoms with Crippen molar-refractivity contribution >= 4 is 5.97 Å². The van der Waals surface area contributed by atoms with E-state index in [1.165, 1.54) is 0 Å². The van der Waals surface area contributed by atoms with E-state index in [1.807, 2.05) is 32.9 Å². The van der Waals surface area contributed by atoms with Crippen LogP contribution in [0.1, 0.15) is 58.1 Å². The van der Waals surface area contributed by atoms with Crippen LogP contribution in [-0.4, -0.2) is 68.6 Å². The second-order valence-electron chi connectivity index (χ2n) is 9.47. The Balaban J connectivity index is 2.42. The van der Waals surface area contributed by atoms with E-state index in [4.69, 9.17) is 4.74 Å². The minimum absolute atomic E-state index is 0.0198. The maximum atomic E-state index is 12.6. The second kappa shape index (κ2) is 11.4. The van der Waals surface area contributed by atoms with Crippen molar-refractivity contribution in [3.05, 3.63) is 47.0 Å². The van der Waals surface area contributed by atoms with E-state index in [1.54, 1.807) is 25.1 Å². The molecule has 0 saturated carbocycles. The highest BCUT2D eigenvalue weighted by Crippen LogP contribution is 2.32. The molecule has 0 radical (unpaired) electrons. The summed E-state index contributed by atoms with van der Waals surface area (Å²) in [6, 6.07) is 7.29. The van der Waals surface area contributed by atoms with Crippen LogP contribution in [0.15, 0.2) is 35.9 Å². The van der Waals surface area contributed by atoms with Crippen molar-refractivity contribution in [3.8, 4) is 0 Å². The van der Waals surface area contributed by atoms with Crippen molar-refractivity contribution in [2.24, 2.45) is 5.92 Å². The van der Waals surface area contributed by atoms with Crippen LogP contribution in [-0.2, 0) is 21.4 Å². The summed E-state index contributed by atoms with van der Waals surface area (Å²) >= 11 is 0. The van der Waals surface area contributed by atoms with Gasteiger partial charge in [0.05, 0.1) is 18.3 Å². The summed E-state index contributed by atoms with van der Waals surface area (Å²) in [5, 5.41) is 52.0. The van der Waals surface area contributed by atoms with E-state index in [-0.39, 0.29) is 31.8 Å². The van der Waals surface area contributed by atoms with Gasteiger partial charge >= 0.3 is 5.97 Å². The van der Waals surface area contributed by atoms with E-state index in [0.29, 0.717) is 17.6 Å². The number of carbonyl (C=O) groups is 1. The van der Waals surface area contributed by atoms with Crippen LogP contribution in [0.3, 0.4) is 0 Å². The van der Waals surface area contributed by atoms with Gasteiger partial charge in [0.1, 0.15) is 6.10 Å². The van der Waals surface area contributed by atoms with E-state index in [2.05, 4.69) is 0 Å². The first kappa shape index (κ1) is 26.5. The fourth-order valence-electron chi connectivity index (χ4n) is 4.01. The van der Waals surface area contributed by atoms with Crippen molar-refractivity contribution < 1.29 is 35.1 Å². The molecule has 7 nitrogen and oxygen atoms in total. The molecular weight excluding hydrogens is 412 g/mol. The summed E-state index contributed by atoms with van der Waals surface area (Å²) in [4.78, 5) is 12.6. The Morgan fingerprint density at radius 3 is 2.53 bits per heavy atom. The van der Waals surface area contributed by atoms with E-state index < -0.39 is 41.9 Å². The lowest BCUT2D eigenvalue weighted by atomic mass is 9.76. The summed E-state index contributed by atoms with van der Waals surface area (Å²) < 4.78 is 5.50. The van der Waals surface area contributed by atoms with Crippen molar-refractivity contribution in [1.29, 1.82) is 0 Å². The lowest BCUT2D eigenvalue weighted by Gasteiger charge is -2.34. The van der Waals surface area contributed by atoms with Crippen LogP contribution < -0.4 is 0 Å². The molecule has 0 aliphatic carbocycles. The van der Waals surface area contributed by atoms with Crippen LogP contribution in [0.25, 0.3) is 0 Å². The number of hydrogen-bond donors (Lipinski definition) is 5. The Hall–Kier alpha value is -1.77. The van der Waals surface area contributed by atoms with Crippen LogP contribution >= 0.6 is 0 Å². The zero-order valence-corrected chi connectivity index (χ0v) is 19.4. The van der Waals surface area contributed by atoms with Crippen molar-refractivity contribution in [2.45, 2.75) is 89.3 Å². The average molecular weight is 451 g/mol. The predicted molar refractivity (Wildman–Crippen MR) is 121 cm³/mol. The summed E-state index contributed by atoms with van der Waals surface area (Å²) in [5.74, 6) is -1.11. The molecule has 180 valence electrons. The van der Waals surface area contributed by atoms with Gasteiger partial charge in [-0.25, -0.2) is 4.79 Å². The first-order chi connectivity index (χ1) is 15.0. The Morgan fingerprint density at radius 1 is 1.22 bits per heavy atom. The molecule has 6 atom stereocenters. The summed E-state index contributed by atoms with van der Waals surface area (Å²) in [6.45, 7) is 7.36. The zero-order valence-electron chi connectivity index (χ0n) is 19.4. The molecule has 0 aromatic heterocycles. The van der Waals surface area contributed by atoms with Gasteiger partial charge < -0.3 is 30.3 Å². The lowest BCUT2D eigenvalue weighted by molar-refractivity contribution is -0.164. The molecule has 1 aromatic rings. The van der Waals surface area contributed by atoms with Crippen LogP contribution in [0, 0.1) is 5.92 Å². The summed E-state index contributed by atoms with van der Waals surface area (Å²) in [7, 11) is 0. The number of esters is 1. The molecule has 0 spiro atoms. The van der Waals surface area contributed by atoms with Gasteiger partial charge in [0.2, 0.25) is 0 Å². The van der Waals surface area contributed by atoms with Gasteiger partial charge in [-0.3, -0.25) is 0 Å². The highest BCUT2D eigenvalue weighted by molar-refractivity contribution is 5.75. The van der Waals surface area contributed by atoms with Gasteiger partial charge in [-0.1, -0.05) is 51.1 Å². The highest BCUT2D eigenvalue weighted by Gasteiger charge is 2.35. The van der Waals surface area contributed by atoms with Crippen LogP contribution in [0.5, 0.6) is 0 Å². The first-order valence-corrected chi connectivity index (χ1v) is 11.3. The number of ether oxygens (including phenoxy) is 1. The van der Waals surface area contributed by atoms with Crippen LogP contribution in [0.2, 0.25) is 0 Å². The summed E-state index contributed by atoms with van der Waals surface area (Å²) in [6.07, 6.45) is -3.22. The molecule has 2 unspecified atom stereocenters. The third-order valence-corrected chi connectivity index (χ3v) is 6.56. The number of aliphatic hydroxyl groups is 5. The Morgan fingerprint density at radius 2 is 1.91 bits per heavy atom. The number of carbonyl (C=O) groups excluding carboxylic acids is 1. The zero-order chi connectivity index (χ0) is 24.1. The highest BCUT2D eigenvalue weighted by atomic mass is 16.6. The van der Waals surface area contributed by atoms with Gasteiger partial charge in [0.25, 0.3) is 0 Å². The molecule has 0 fully saturated rings. The maximum Gasteiger partial charge on any atom is 0.338 e. The van der Waals surface area contributed by atoms with E-state index >= 15 is 0 Å². The monoisotopic (exact) mass is 450 g/mol. The van der Waals surface area contributed by atoms with Gasteiger partial charge in [-0.05, 0) is 30.0 Å². The van der Waals surface area contributed by atoms with Gasteiger partial charge in [-0.2, -0.15) is 0 Å². The first-order valence-electron chi connectivity index (χ1n) is 11.3. The average Bonchev–Trinajstić information content (AvgIpc) is 2.75. The fourth-order valence-corrected chi connectivity index (χ4v) is 4.01. The smallest absolute Gasteiger partial charge is 0.338 e. The molecule has 1 heterocycles. The van der Waals surface area contributed by atoms with Crippen molar-refractivity contribution in [2.75, 3.05) is 6.61 Å². The Kier molecular flexibility index (Phi) is 9.42. The molecule has 0 amide bonds. The van der Waals surface area contributed by atoms with E-state index in [9.17, 15) is 30.3 Å². The maximum absolute atomic E-state index is 12.6. The molecular formula is C25H38O7. The molecule has 7 heteroatoms. The lowest BCUT2D eigenvalue weighted by Crippen LogP contribution is -2.41. The normalized spacial score (nSPS) is 30.8. The fraction of sp³-hybridized carbons (Fsp3) is 0.640. The van der Waals surface area contributed by atoms with Gasteiger partial charge in [0.15, 0.2) is 6.10 Å². The third-order valence-electron chi connectivity index (χ3n) is 6.56. The third kappa shape index (κ3) is 6.62. The van der Waals surface area contributed by atoms with Gasteiger partial charge in [-0.15, -0.1) is 0 Å². The molecule has 0 saturated heterocycles. The Bertz CT molecular complexity index is 784.